The second-order valence-corrected chi connectivity index (χ2v) is 8.50. The van der Waals surface area contributed by atoms with E-state index >= 15 is 0 Å². The van der Waals surface area contributed by atoms with Gasteiger partial charge in [0.2, 0.25) is 11.8 Å². The number of amides is 2. The minimum Gasteiger partial charge on any atom is -0.282 e. The third kappa shape index (κ3) is 1.66. The van der Waals surface area contributed by atoms with Crippen LogP contribution in [0, 0.1) is 40.9 Å². The molecule has 1 heterocycles. The second-order valence-electron chi connectivity index (χ2n) is 8.50. The number of hydrogen-bond donors (Lipinski definition) is 0. The van der Waals surface area contributed by atoms with Gasteiger partial charge < -0.3 is 0 Å². The van der Waals surface area contributed by atoms with Crippen molar-refractivity contribution < 1.29 is 9.59 Å². The highest BCUT2D eigenvalue weighted by atomic mass is 16.2. The summed E-state index contributed by atoms with van der Waals surface area (Å²) in [6.45, 7) is 6.70. The summed E-state index contributed by atoms with van der Waals surface area (Å²) in [6, 6.07) is 0. The van der Waals surface area contributed by atoms with Gasteiger partial charge in [0.05, 0.1) is 0 Å². The molecule has 0 aromatic heterocycles. The van der Waals surface area contributed by atoms with Crippen LogP contribution in [0.25, 0.3) is 0 Å². The molecule has 0 radical (unpaired) electrons. The van der Waals surface area contributed by atoms with Crippen molar-refractivity contribution in [2.24, 2.45) is 40.9 Å². The van der Waals surface area contributed by atoms with Crippen molar-refractivity contribution in [2.75, 3.05) is 6.54 Å². The predicted molar refractivity (Wildman–Crippen MR) is 80.2 cm³/mol. The van der Waals surface area contributed by atoms with Gasteiger partial charge in [-0.2, -0.15) is 0 Å². The van der Waals surface area contributed by atoms with Gasteiger partial charge in [0, 0.05) is 17.9 Å². The maximum Gasteiger partial charge on any atom is 0.234 e. The molecule has 6 atom stereocenters. The first-order chi connectivity index (χ1) is 9.95. The van der Waals surface area contributed by atoms with Gasteiger partial charge in [0.25, 0.3) is 0 Å². The monoisotopic (exact) mass is 289 g/mol. The van der Waals surface area contributed by atoms with Gasteiger partial charge in [-0.25, -0.2) is 0 Å². The van der Waals surface area contributed by atoms with Crippen LogP contribution in [-0.2, 0) is 9.59 Å². The molecule has 0 aromatic rings. The second kappa shape index (κ2) is 4.33. The summed E-state index contributed by atoms with van der Waals surface area (Å²) in [4.78, 5) is 27.2. The molecule has 4 aliphatic rings. The Morgan fingerprint density at radius 1 is 1.14 bits per heavy atom. The molecule has 2 bridgehead atoms. The van der Waals surface area contributed by atoms with Crippen molar-refractivity contribution in [3.63, 3.8) is 0 Å². The van der Waals surface area contributed by atoms with E-state index in [0.29, 0.717) is 11.8 Å². The van der Waals surface area contributed by atoms with Gasteiger partial charge in [-0.1, -0.05) is 27.2 Å². The number of imide groups is 1. The van der Waals surface area contributed by atoms with Gasteiger partial charge >= 0.3 is 0 Å². The van der Waals surface area contributed by atoms with Gasteiger partial charge in [0.1, 0.15) is 0 Å². The van der Waals surface area contributed by atoms with Crippen LogP contribution in [-0.4, -0.2) is 23.3 Å². The van der Waals surface area contributed by atoms with Crippen LogP contribution >= 0.6 is 0 Å². The molecule has 0 spiro atoms. The largest absolute Gasteiger partial charge is 0.282 e. The summed E-state index contributed by atoms with van der Waals surface area (Å²) in [7, 11) is 0. The molecule has 116 valence electrons. The Kier molecular flexibility index (Phi) is 2.84. The van der Waals surface area contributed by atoms with E-state index in [0.717, 1.165) is 30.7 Å². The highest BCUT2D eigenvalue weighted by molar-refractivity contribution is 6.00. The number of hydrogen-bond acceptors (Lipinski definition) is 2. The average Bonchev–Trinajstić information content (AvgIpc) is 3.16. The first kappa shape index (κ1) is 13.8. The Morgan fingerprint density at radius 3 is 2.48 bits per heavy atom. The van der Waals surface area contributed by atoms with Crippen molar-refractivity contribution in [1.82, 2.24) is 4.90 Å². The molecule has 3 aliphatic carbocycles. The molecule has 4 rings (SSSR count). The van der Waals surface area contributed by atoms with E-state index < -0.39 is 5.41 Å². The Labute approximate surface area is 127 Å². The highest BCUT2D eigenvalue weighted by Gasteiger charge is 2.65. The van der Waals surface area contributed by atoms with Crippen LogP contribution < -0.4 is 0 Å². The summed E-state index contributed by atoms with van der Waals surface area (Å²) in [5, 5.41) is 0. The molecule has 0 N–H and O–H groups in total. The van der Waals surface area contributed by atoms with Gasteiger partial charge in [-0.3, -0.25) is 14.5 Å². The van der Waals surface area contributed by atoms with E-state index in [1.165, 1.54) is 25.7 Å². The molecular formula is C18H27NO2. The standard InChI is InChI=1S/C18H27NO2/c1-4-18(2,3)17(21)19-9-14-12-8-13(15(14)16(19)20)11-7-5-6-10(11)12/h10-15H,4-9H2,1-3H3. The summed E-state index contributed by atoms with van der Waals surface area (Å²) in [6.07, 6.45) is 6.13. The van der Waals surface area contributed by atoms with Gasteiger partial charge in [-0.05, 0) is 55.3 Å². The number of fused-ring (bicyclic) bond motifs is 8. The van der Waals surface area contributed by atoms with Crippen molar-refractivity contribution in [3.8, 4) is 0 Å². The Hall–Kier alpha value is -0.860. The van der Waals surface area contributed by atoms with E-state index in [-0.39, 0.29) is 17.7 Å². The highest BCUT2D eigenvalue weighted by Crippen LogP contribution is 2.65. The minimum absolute atomic E-state index is 0.0639. The number of likely N-dealkylation sites (tertiary alicyclic amines) is 1. The lowest BCUT2D eigenvalue weighted by atomic mass is 9.71. The summed E-state index contributed by atoms with van der Waals surface area (Å²) in [5.74, 6) is 3.91. The fourth-order valence-corrected chi connectivity index (χ4v) is 6.03. The molecule has 21 heavy (non-hydrogen) atoms. The SMILES string of the molecule is CCC(C)(C)C(=O)N1CC2C3CC(C4CCCC43)C2C1=O. The molecular weight excluding hydrogens is 262 g/mol. The minimum atomic E-state index is -0.400. The maximum atomic E-state index is 12.9. The van der Waals surface area contributed by atoms with Crippen LogP contribution in [0.4, 0.5) is 0 Å². The summed E-state index contributed by atoms with van der Waals surface area (Å²) < 4.78 is 0. The van der Waals surface area contributed by atoms with Gasteiger partial charge in [0.15, 0.2) is 0 Å². The number of carbonyl (C=O) groups is 2. The van der Waals surface area contributed by atoms with Crippen LogP contribution in [0.3, 0.4) is 0 Å². The molecule has 3 heteroatoms. The van der Waals surface area contributed by atoms with Crippen molar-refractivity contribution >= 4 is 11.8 Å². The van der Waals surface area contributed by atoms with Crippen LogP contribution in [0.5, 0.6) is 0 Å². The lowest BCUT2D eigenvalue weighted by molar-refractivity contribution is -0.150. The van der Waals surface area contributed by atoms with E-state index in [9.17, 15) is 9.59 Å². The Balaban J connectivity index is 1.59. The first-order valence-corrected chi connectivity index (χ1v) is 8.81. The fourth-order valence-electron chi connectivity index (χ4n) is 6.03. The Bertz CT molecular complexity index is 497. The molecule has 0 aromatic carbocycles. The molecule has 1 saturated heterocycles. The average molecular weight is 289 g/mol. The van der Waals surface area contributed by atoms with E-state index in [4.69, 9.17) is 0 Å². The van der Waals surface area contributed by atoms with E-state index in [1.54, 1.807) is 4.90 Å². The molecule has 3 saturated carbocycles. The number of rotatable bonds is 2. The normalized spacial score (nSPS) is 44.3. The van der Waals surface area contributed by atoms with E-state index in [1.807, 2.05) is 20.8 Å². The topological polar surface area (TPSA) is 37.4 Å². The molecule has 1 aliphatic heterocycles. The third-order valence-electron chi connectivity index (χ3n) is 7.39. The van der Waals surface area contributed by atoms with Crippen molar-refractivity contribution in [1.29, 1.82) is 0 Å². The van der Waals surface area contributed by atoms with E-state index in [2.05, 4.69) is 0 Å². The summed E-state index contributed by atoms with van der Waals surface area (Å²) >= 11 is 0. The lowest BCUT2D eigenvalue weighted by Crippen LogP contribution is -2.43. The Morgan fingerprint density at radius 2 is 1.81 bits per heavy atom. The van der Waals surface area contributed by atoms with Crippen LogP contribution in [0.15, 0.2) is 0 Å². The van der Waals surface area contributed by atoms with Gasteiger partial charge in [-0.15, -0.1) is 0 Å². The van der Waals surface area contributed by atoms with Crippen LogP contribution in [0.1, 0.15) is 52.9 Å². The zero-order chi connectivity index (χ0) is 14.9. The van der Waals surface area contributed by atoms with Crippen molar-refractivity contribution in [3.05, 3.63) is 0 Å². The molecule has 2 amide bonds. The van der Waals surface area contributed by atoms with Crippen molar-refractivity contribution in [2.45, 2.75) is 52.9 Å². The summed E-state index contributed by atoms with van der Waals surface area (Å²) in [5.41, 5.74) is -0.400. The number of nitrogens with zero attached hydrogens (tertiary/aromatic N) is 1. The van der Waals surface area contributed by atoms with Crippen LogP contribution in [0.2, 0.25) is 0 Å². The third-order valence-corrected chi connectivity index (χ3v) is 7.39. The lowest BCUT2D eigenvalue weighted by Gasteiger charge is -2.32. The fraction of sp³-hybridized carbons (Fsp3) is 0.889. The molecule has 6 unspecified atom stereocenters. The zero-order valence-electron chi connectivity index (χ0n) is 13.5. The smallest absolute Gasteiger partial charge is 0.234 e. The maximum absolute atomic E-state index is 12.9. The molecule has 3 nitrogen and oxygen atoms in total. The quantitative estimate of drug-likeness (QED) is 0.783. The number of carbonyl (C=O) groups excluding carboxylic acids is 2. The first-order valence-electron chi connectivity index (χ1n) is 8.81. The zero-order valence-corrected chi connectivity index (χ0v) is 13.5. The predicted octanol–water partition coefficient (Wildman–Crippen LogP) is 3.09. The molecule has 4 fully saturated rings.